The van der Waals surface area contributed by atoms with E-state index in [1.165, 1.54) is 5.56 Å². The van der Waals surface area contributed by atoms with Crippen molar-refractivity contribution in [2.45, 2.75) is 0 Å². The number of thiophene rings is 1. The molecule has 1 aromatic carbocycles. The van der Waals surface area contributed by atoms with Crippen LogP contribution in [0.5, 0.6) is 0 Å². The summed E-state index contributed by atoms with van der Waals surface area (Å²) in [6.45, 7) is 1.66. The fourth-order valence-electron chi connectivity index (χ4n) is 3.11. The molecule has 0 atom stereocenters. The van der Waals surface area contributed by atoms with E-state index in [0.717, 1.165) is 45.6 Å². The Morgan fingerprint density at radius 2 is 1.71 bits per heavy atom. The summed E-state index contributed by atoms with van der Waals surface area (Å²) >= 11 is 1.73. The Morgan fingerprint density at radius 1 is 0.875 bits per heavy atom. The minimum absolute atomic E-state index is 0.810. The van der Waals surface area contributed by atoms with Crippen LogP contribution < -0.4 is 0 Å². The molecule has 2 aromatic heterocycles. The van der Waals surface area contributed by atoms with Crippen molar-refractivity contribution in [1.29, 1.82) is 0 Å². The van der Waals surface area contributed by atoms with Gasteiger partial charge in [0, 0.05) is 17.3 Å². The maximum Gasteiger partial charge on any atom is 0.152 e. The van der Waals surface area contributed by atoms with Crippen LogP contribution in [-0.4, -0.2) is 34.6 Å². The van der Waals surface area contributed by atoms with Crippen LogP contribution in [0, 0.1) is 0 Å². The van der Waals surface area contributed by atoms with Crippen LogP contribution in [0.2, 0.25) is 0 Å². The van der Waals surface area contributed by atoms with Crippen molar-refractivity contribution >= 4 is 22.9 Å². The molecule has 0 radical (unpaired) electrons. The van der Waals surface area contributed by atoms with E-state index in [1.807, 2.05) is 29.4 Å². The summed E-state index contributed by atoms with van der Waals surface area (Å²) in [5.74, 6) is 0.996. The number of amidine groups is 1. The van der Waals surface area contributed by atoms with Crippen LogP contribution in [0.25, 0.3) is 10.6 Å². The molecule has 0 saturated carbocycles. The van der Waals surface area contributed by atoms with Crippen molar-refractivity contribution in [3.63, 3.8) is 0 Å². The Morgan fingerprint density at radius 3 is 2.58 bits per heavy atom. The summed E-state index contributed by atoms with van der Waals surface area (Å²) < 4.78 is 0. The lowest BCUT2D eigenvalue weighted by atomic mass is 9.99. The molecule has 0 fully saturated rings. The Kier molecular flexibility index (Phi) is 3.06. The lowest BCUT2D eigenvalue weighted by molar-refractivity contribution is 0.487. The van der Waals surface area contributed by atoms with E-state index < -0.39 is 0 Å². The molecule has 4 nitrogen and oxygen atoms in total. The van der Waals surface area contributed by atoms with Crippen molar-refractivity contribution < 1.29 is 0 Å². The molecule has 0 N–H and O–H groups in total. The van der Waals surface area contributed by atoms with Crippen molar-refractivity contribution in [1.82, 2.24) is 9.99 Å². The van der Waals surface area contributed by atoms with Gasteiger partial charge < -0.3 is 0 Å². The van der Waals surface area contributed by atoms with E-state index in [9.17, 15) is 0 Å². The van der Waals surface area contributed by atoms with E-state index in [1.54, 1.807) is 11.3 Å². The highest BCUT2D eigenvalue weighted by Crippen LogP contribution is 2.32. The third-order valence-electron chi connectivity index (χ3n) is 4.22. The van der Waals surface area contributed by atoms with Gasteiger partial charge in [-0.15, -0.1) is 11.3 Å². The highest BCUT2D eigenvalue weighted by atomic mass is 32.1. The molecule has 3 aromatic rings. The van der Waals surface area contributed by atoms with Crippen LogP contribution in [0.4, 0.5) is 0 Å². The minimum Gasteiger partial charge on any atom is -0.265 e. The zero-order valence-corrected chi connectivity index (χ0v) is 13.7. The van der Waals surface area contributed by atoms with Gasteiger partial charge in [0.15, 0.2) is 5.84 Å². The number of rotatable bonds is 2. The first kappa shape index (κ1) is 13.6. The lowest BCUT2D eigenvalue weighted by Crippen LogP contribution is -2.31. The van der Waals surface area contributed by atoms with Crippen LogP contribution in [0.1, 0.15) is 16.0 Å². The monoisotopic (exact) mass is 330 g/mol. The van der Waals surface area contributed by atoms with Gasteiger partial charge in [0.2, 0.25) is 0 Å². The molecule has 0 saturated heterocycles. The first-order valence-electron chi connectivity index (χ1n) is 7.92. The largest absolute Gasteiger partial charge is 0.265 e. The van der Waals surface area contributed by atoms with Gasteiger partial charge in [-0.2, -0.15) is 5.10 Å². The summed E-state index contributed by atoms with van der Waals surface area (Å²) in [5.41, 5.74) is 4.36. The molecule has 24 heavy (non-hydrogen) atoms. The molecule has 0 spiro atoms. The average molecular weight is 330 g/mol. The number of fused-ring (bicyclic) bond motifs is 3. The Hall–Kier alpha value is -2.79. The molecule has 116 valence electrons. The number of nitrogens with zero attached hydrogens (tertiary/aromatic N) is 4. The molecule has 5 heteroatoms. The second-order valence-corrected chi connectivity index (χ2v) is 6.79. The summed E-state index contributed by atoms with van der Waals surface area (Å²) in [7, 11) is 0. The Bertz CT molecular complexity index is 972. The van der Waals surface area contributed by atoms with E-state index in [2.05, 4.69) is 46.4 Å². The average Bonchev–Trinajstić information content (AvgIpc) is 3.31. The predicted molar refractivity (Wildman–Crippen MR) is 97.7 cm³/mol. The van der Waals surface area contributed by atoms with Crippen LogP contribution in [0.3, 0.4) is 0 Å². The first-order chi connectivity index (χ1) is 11.9. The fraction of sp³-hybridized carbons (Fsp3) is 0.105. The molecule has 2 aliphatic rings. The van der Waals surface area contributed by atoms with Crippen molar-refractivity contribution in [3.05, 3.63) is 76.8 Å². The smallest absolute Gasteiger partial charge is 0.152 e. The quantitative estimate of drug-likeness (QED) is 0.720. The molecule has 4 heterocycles. The number of aromatic nitrogens is 1. The standard InChI is InChI=1S/C19H14N4S/c1-2-6-14-13(5-1)18(22-23-12-11-21-19(14)23)17-9-8-16(24-17)15-7-3-4-10-20-15/h1-10H,11-12H2. The van der Waals surface area contributed by atoms with Gasteiger partial charge in [0.25, 0.3) is 0 Å². The summed E-state index contributed by atoms with van der Waals surface area (Å²) in [6, 6.07) is 18.7. The summed E-state index contributed by atoms with van der Waals surface area (Å²) in [4.78, 5) is 11.4. The van der Waals surface area contributed by atoms with Crippen molar-refractivity contribution in [2.75, 3.05) is 13.1 Å². The number of hydrazone groups is 1. The van der Waals surface area contributed by atoms with Gasteiger partial charge in [0.1, 0.15) is 5.71 Å². The van der Waals surface area contributed by atoms with Crippen molar-refractivity contribution in [3.8, 4) is 10.6 Å². The lowest BCUT2D eigenvalue weighted by Gasteiger charge is -2.24. The Labute approximate surface area is 143 Å². The third-order valence-corrected chi connectivity index (χ3v) is 5.33. The first-order valence-corrected chi connectivity index (χ1v) is 8.74. The predicted octanol–water partition coefficient (Wildman–Crippen LogP) is 3.64. The van der Waals surface area contributed by atoms with E-state index in [0.29, 0.717) is 0 Å². The second kappa shape index (κ2) is 5.39. The van der Waals surface area contributed by atoms with Gasteiger partial charge in [-0.25, -0.2) is 5.01 Å². The van der Waals surface area contributed by atoms with Crippen LogP contribution in [0.15, 0.2) is 70.9 Å². The Balaban J connectivity index is 1.62. The molecular formula is C19H14N4S. The third kappa shape index (κ3) is 2.09. The zero-order chi connectivity index (χ0) is 15.9. The zero-order valence-electron chi connectivity index (χ0n) is 12.9. The SMILES string of the molecule is c1ccc(-c2ccc(C3=NN4CCN=C4c4ccccc43)s2)nc1. The van der Waals surface area contributed by atoms with E-state index in [4.69, 9.17) is 5.10 Å². The van der Waals surface area contributed by atoms with Crippen LogP contribution in [-0.2, 0) is 0 Å². The van der Waals surface area contributed by atoms with Gasteiger partial charge in [0.05, 0.1) is 28.5 Å². The number of benzene rings is 1. The molecule has 5 rings (SSSR count). The molecule has 0 aliphatic carbocycles. The normalized spacial score (nSPS) is 15.6. The molecule has 0 unspecified atom stereocenters. The van der Waals surface area contributed by atoms with E-state index >= 15 is 0 Å². The number of aliphatic imine (C=N–C) groups is 1. The van der Waals surface area contributed by atoms with Crippen LogP contribution >= 0.6 is 11.3 Å². The maximum atomic E-state index is 4.87. The fourth-order valence-corrected chi connectivity index (χ4v) is 4.09. The topological polar surface area (TPSA) is 40.9 Å². The molecule has 2 aliphatic heterocycles. The molecule has 0 bridgehead atoms. The van der Waals surface area contributed by atoms with Gasteiger partial charge in [-0.1, -0.05) is 30.3 Å². The maximum absolute atomic E-state index is 4.87. The van der Waals surface area contributed by atoms with Gasteiger partial charge in [-0.05, 0) is 24.3 Å². The summed E-state index contributed by atoms with van der Waals surface area (Å²) in [5, 5.41) is 6.90. The molecular weight excluding hydrogens is 316 g/mol. The number of hydrogen-bond donors (Lipinski definition) is 0. The summed E-state index contributed by atoms with van der Waals surface area (Å²) in [6.07, 6.45) is 1.83. The van der Waals surface area contributed by atoms with Gasteiger partial charge in [-0.3, -0.25) is 9.98 Å². The highest BCUT2D eigenvalue weighted by Gasteiger charge is 2.28. The number of pyridine rings is 1. The highest BCUT2D eigenvalue weighted by molar-refractivity contribution is 7.17. The van der Waals surface area contributed by atoms with E-state index in [-0.39, 0.29) is 0 Å². The number of hydrogen-bond acceptors (Lipinski definition) is 5. The van der Waals surface area contributed by atoms with Crippen molar-refractivity contribution in [2.24, 2.45) is 10.1 Å². The van der Waals surface area contributed by atoms with Gasteiger partial charge >= 0.3 is 0 Å². The molecule has 0 amide bonds. The minimum atomic E-state index is 0.810. The second-order valence-electron chi connectivity index (χ2n) is 5.70.